The van der Waals surface area contributed by atoms with Crippen LogP contribution >= 0.6 is 11.6 Å². The molecule has 178 valence electrons. The summed E-state index contributed by atoms with van der Waals surface area (Å²) in [4.78, 5) is 25.8. The second-order valence-corrected chi connectivity index (χ2v) is 10.0. The summed E-state index contributed by atoms with van der Waals surface area (Å²) in [5, 5.41) is 6.01. The van der Waals surface area contributed by atoms with Crippen LogP contribution in [0.4, 0.5) is 11.4 Å². The number of amides is 2. The van der Waals surface area contributed by atoms with Crippen molar-refractivity contribution in [1.29, 1.82) is 0 Å². The number of para-hydroxylation sites is 1. The lowest BCUT2D eigenvalue weighted by molar-refractivity contribution is -0.116. The van der Waals surface area contributed by atoms with Gasteiger partial charge in [0.1, 0.15) is 6.04 Å². The number of halogens is 1. The predicted octanol–water partition coefficient (Wildman–Crippen LogP) is 4.11. The second kappa shape index (κ2) is 11.2. The van der Waals surface area contributed by atoms with Gasteiger partial charge in [-0.25, -0.2) is 8.42 Å². The van der Waals surface area contributed by atoms with Crippen LogP contribution in [0.5, 0.6) is 0 Å². The number of anilines is 2. The summed E-state index contributed by atoms with van der Waals surface area (Å²) in [6.07, 6.45) is 1.70. The van der Waals surface area contributed by atoms with E-state index >= 15 is 0 Å². The zero-order valence-corrected chi connectivity index (χ0v) is 20.4. The molecule has 0 fully saturated rings. The minimum atomic E-state index is -3.78. The monoisotopic (exact) mass is 499 g/mol. The Balaban J connectivity index is 1.73. The first-order valence-electron chi connectivity index (χ1n) is 10.6. The van der Waals surface area contributed by atoms with Gasteiger partial charge in [-0.15, -0.1) is 0 Å². The fraction of sp³-hybridized carbons (Fsp3) is 0.200. The number of benzene rings is 3. The van der Waals surface area contributed by atoms with E-state index in [-0.39, 0.29) is 11.5 Å². The molecule has 0 bridgehead atoms. The molecule has 3 rings (SSSR count). The average molecular weight is 500 g/mol. The van der Waals surface area contributed by atoms with E-state index in [1.165, 1.54) is 19.1 Å². The first-order chi connectivity index (χ1) is 16.2. The zero-order valence-electron chi connectivity index (χ0n) is 18.9. The topological polar surface area (TPSA) is 95.6 Å². The molecule has 1 atom stereocenters. The molecular weight excluding hydrogens is 474 g/mol. The van der Waals surface area contributed by atoms with Crippen LogP contribution in [0, 0.1) is 0 Å². The molecule has 3 aromatic rings. The number of carbonyl (C=O) groups excluding carboxylic acids is 2. The summed E-state index contributed by atoms with van der Waals surface area (Å²) < 4.78 is 26.0. The average Bonchev–Trinajstić information content (AvgIpc) is 2.80. The van der Waals surface area contributed by atoms with Crippen molar-refractivity contribution in [1.82, 2.24) is 5.32 Å². The number of hydrogen-bond donors (Lipinski definition) is 2. The van der Waals surface area contributed by atoms with Gasteiger partial charge >= 0.3 is 0 Å². The molecule has 0 aliphatic rings. The number of carbonyl (C=O) groups is 2. The summed E-state index contributed by atoms with van der Waals surface area (Å²) >= 11 is 5.91. The number of sulfonamides is 1. The summed E-state index contributed by atoms with van der Waals surface area (Å²) in [7, 11) is -3.78. The quantitative estimate of drug-likeness (QED) is 0.463. The van der Waals surface area contributed by atoms with Crippen LogP contribution in [0.1, 0.15) is 22.8 Å². The zero-order chi connectivity index (χ0) is 24.7. The largest absolute Gasteiger partial charge is 0.352 e. The van der Waals surface area contributed by atoms with E-state index in [9.17, 15) is 18.0 Å². The standard InChI is InChI=1S/C25H26ClN3O4S/c1-18(29(34(2,32)33)21-14-12-20(26)13-15-21)24(30)28-23-11-7-6-10-22(23)25(31)27-17-16-19-8-4-3-5-9-19/h3-15,18H,16-17H2,1-2H3,(H,27,31)(H,28,30)/t18-/m1/s1. The Morgan fingerprint density at radius 1 is 0.941 bits per heavy atom. The highest BCUT2D eigenvalue weighted by Gasteiger charge is 2.29. The van der Waals surface area contributed by atoms with Crippen LogP contribution in [-0.2, 0) is 21.2 Å². The van der Waals surface area contributed by atoms with Crippen LogP contribution in [0.3, 0.4) is 0 Å². The van der Waals surface area contributed by atoms with Crippen molar-refractivity contribution >= 4 is 44.8 Å². The van der Waals surface area contributed by atoms with Gasteiger partial charge in [0.2, 0.25) is 15.9 Å². The lowest BCUT2D eigenvalue weighted by Gasteiger charge is -2.28. The first-order valence-corrected chi connectivity index (χ1v) is 12.9. The maximum Gasteiger partial charge on any atom is 0.253 e. The predicted molar refractivity (Wildman–Crippen MR) is 136 cm³/mol. The van der Waals surface area contributed by atoms with Gasteiger partial charge in [0, 0.05) is 11.6 Å². The van der Waals surface area contributed by atoms with E-state index < -0.39 is 22.0 Å². The van der Waals surface area contributed by atoms with Gasteiger partial charge in [-0.05, 0) is 55.3 Å². The Bertz CT molecular complexity index is 1250. The third-order valence-electron chi connectivity index (χ3n) is 5.14. The third-order valence-corrected chi connectivity index (χ3v) is 6.63. The molecule has 0 aromatic heterocycles. The Morgan fingerprint density at radius 3 is 2.21 bits per heavy atom. The van der Waals surface area contributed by atoms with Crippen molar-refractivity contribution in [2.45, 2.75) is 19.4 Å². The van der Waals surface area contributed by atoms with E-state index in [0.29, 0.717) is 29.4 Å². The third kappa shape index (κ3) is 6.59. The Morgan fingerprint density at radius 2 is 1.56 bits per heavy atom. The van der Waals surface area contributed by atoms with Gasteiger partial charge < -0.3 is 10.6 Å². The van der Waals surface area contributed by atoms with Crippen LogP contribution in [-0.4, -0.2) is 39.1 Å². The maximum absolute atomic E-state index is 13.0. The molecule has 34 heavy (non-hydrogen) atoms. The summed E-state index contributed by atoms with van der Waals surface area (Å²) in [6, 6.07) is 21.4. The normalized spacial score (nSPS) is 12.0. The number of nitrogens with one attached hydrogen (secondary N) is 2. The molecule has 0 aliphatic carbocycles. The molecule has 0 heterocycles. The smallest absolute Gasteiger partial charge is 0.253 e. The van der Waals surface area contributed by atoms with Crippen LogP contribution < -0.4 is 14.9 Å². The number of hydrogen-bond acceptors (Lipinski definition) is 4. The number of nitrogens with zero attached hydrogens (tertiary/aromatic N) is 1. The highest BCUT2D eigenvalue weighted by atomic mass is 35.5. The lowest BCUT2D eigenvalue weighted by Crippen LogP contribution is -2.45. The van der Waals surface area contributed by atoms with Gasteiger partial charge in [-0.2, -0.15) is 0 Å². The highest BCUT2D eigenvalue weighted by Crippen LogP contribution is 2.24. The molecule has 0 saturated heterocycles. The summed E-state index contributed by atoms with van der Waals surface area (Å²) in [5.41, 5.74) is 1.98. The van der Waals surface area contributed by atoms with Gasteiger partial charge in [0.25, 0.3) is 5.91 Å². The van der Waals surface area contributed by atoms with Crippen LogP contribution in [0.15, 0.2) is 78.9 Å². The van der Waals surface area contributed by atoms with Gasteiger partial charge in [0.15, 0.2) is 0 Å². The van der Waals surface area contributed by atoms with Crippen molar-refractivity contribution < 1.29 is 18.0 Å². The second-order valence-electron chi connectivity index (χ2n) is 7.74. The molecule has 7 nitrogen and oxygen atoms in total. The van der Waals surface area contributed by atoms with E-state index in [0.717, 1.165) is 16.1 Å². The van der Waals surface area contributed by atoms with Crippen molar-refractivity contribution in [3.63, 3.8) is 0 Å². The highest BCUT2D eigenvalue weighted by molar-refractivity contribution is 7.92. The number of rotatable bonds is 9. The SMILES string of the molecule is C[C@H](C(=O)Nc1ccccc1C(=O)NCCc1ccccc1)N(c1ccc(Cl)cc1)S(C)(=O)=O. The van der Waals surface area contributed by atoms with Gasteiger partial charge in [-0.1, -0.05) is 54.1 Å². The summed E-state index contributed by atoms with van der Waals surface area (Å²) in [6.45, 7) is 1.91. The maximum atomic E-state index is 13.0. The molecule has 0 radical (unpaired) electrons. The minimum Gasteiger partial charge on any atom is -0.352 e. The van der Waals surface area contributed by atoms with E-state index in [2.05, 4.69) is 10.6 Å². The molecule has 0 saturated carbocycles. The molecule has 0 spiro atoms. The fourth-order valence-electron chi connectivity index (χ4n) is 3.48. The van der Waals surface area contributed by atoms with E-state index in [1.54, 1.807) is 36.4 Å². The van der Waals surface area contributed by atoms with E-state index in [4.69, 9.17) is 11.6 Å². The Kier molecular flexibility index (Phi) is 8.31. The molecule has 3 aromatic carbocycles. The van der Waals surface area contributed by atoms with Gasteiger partial charge in [0.05, 0.1) is 23.2 Å². The van der Waals surface area contributed by atoms with Crippen molar-refractivity contribution in [2.75, 3.05) is 22.4 Å². The summed E-state index contributed by atoms with van der Waals surface area (Å²) in [5.74, 6) is -0.915. The fourth-order valence-corrected chi connectivity index (χ4v) is 4.79. The van der Waals surface area contributed by atoms with Crippen molar-refractivity contribution in [2.24, 2.45) is 0 Å². The van der Waals surface area contributed by atoms with Crippen molar-refractivity contribution in [3.8, 4) is 0 Å². The van der Waals surface area contributed by atoms with Crippen LogP contribution in [0.25, 0.3) is 0 Å². The van der Waals surface area contributed by atoms with Gasteiger partial charge in [-0.3, -0.25) is 13.9 Å². The van der Waals surface area contributed by atoms with Crippen LogP contribution in [0.2, 0.25) is 5.02 Å². The minimum absolute atomic E-state index is 0.286. The molecule has 0 unspecified atom stereocenters. The first kappa shape index (κ1) is 25.3. The van der Waals surface area contributed by atoms with Crippen molar-refractivity contribution in [3.05, 3.63) is 95.0 Å². The lowest BCUT2D eigenvalue weighted by atomic mass is 10.1. The molecule has 9 heteroatoms. The molecule has 0 aliphatic heterocycles. The molecule has 2 amide bonds. The van der Waals surface area contributed by atoms with E-state index in [1.807, 2.05) is 30.3 Å². The Labute approximate surface area is 204 Å². The molecule has 2 N–H and O–H groups in total. The molecular formula is C25H26ClN3O4S. The Hall–Kier alpha value is -3.36.